The topological polar surface area (TPSA) is 84.2 Å². The van der Waals surface area contributed by atoms with Crippen LogP contribution in [0.5, 0.6) is 0 Å². The fourth-order valence-corrected chi connectivity index (χ4v) is 3.58. The zero-order chi connectivity index (χ0) is 18.4. The maximum absolute atomic E-state index is 12.5. The predicted molar refractivity (Wildman–Crippen MR) is 102 cm³/mol. The summed E-state index contributed by atoms with van der Waals surface area (Å²) in [7, 11) is 0. The van der Waals surface area contributed by atoms with Gasteiger partial charge in [-0.3, -0.25) is 9.59 Å². The van der Waals surface area contributed by atoms with Crippen LogP contribution in [0.4, 0.5) is 5.69 Å². The SMILES string of the molecule is Cc1ccc(NC(=O)CC2(CN)CCCCC2)cc1C(=O)NC(C)C. The summed E-state index contributed by atoms with van der Waals surface area (Å²) in [5.41, 5.74) is 8.06. The summed E-state index contributed by atoms with van der Waals surface area (Å²) < 4.78 is 0. The normalized spacial score (nSPS) is 16.5. The molecular formula is C20H31N3O2. The first kappa shape index (κ1) is 19.4. The molecule has 25 heavy (non-hydrogen) atoms. The van der Waals surface area contributed by atoms with E-state index in [1.54, 1.807) is 6.07 Å². The molecule has 0 saturated heterocycles. The fraction of sp³-hybridized carbons (Fsp3) is 0.600. The number of nitrogens with two attached hydrogens (primary N) is 1. The average Bonchev–Trinajstić information content (AvgIpc) is 2.56. The molecule has 2 amide bonds. The lowest BCUT2D eigenvalue weighted by Gasteiger charge is -2.35. The third-order valence-electron chi connectivity index (χ3n) is 5.07. The van der Waals surface area contributed by atoms with E-state index >= 15 is 0 Å². The molecule has 0 unspecified atom stereocenters. The summed E-state index contributed by atoms with van der Waals surface area (Å²) >= 11 is 0. The molecule has 4 N–H and O–H groups in total. The Bertz CT molecular complexity index is 619. The lowest BCUT2D eigenvalue weighted by Crippen LogP contribution is -2.36. The van der Waals surface area contributed by atoms with Crippen LogP contribution in [0, 0.1) is 12.3 Å². The average molecular weight is 345 g/mol. The first-order valence-electron chi connectivity index (χ1n) is 9.27. The van der Waals surface area contributed by atoms with Gasteiger partial charge in [-0.1, -0.05) is 25.3 Å². The van der Waals surface area contributed by atoms with Gasteiger partial charge in [0, 0.05) is 23.7 Å². The van der Waals surface area contributed by atoms with E-state index in [-0.39, 0.29) is 23.3 Å². The van der Waals surface area contributed by atoms with Gasteiger partial charge in [0.15, 0.2) is 0 Å². The summed E-state index contributed by atoms with van der Waals surface area (Å²) in [6, 6.07) is 5.53. The zero-order valence-electron chi connectivity index (χ0n) is 15.7. The van der Waals surface area contributed by atoms with Crippen molar-refractivity contribution in [3.05, 3.63) is 29.3 Å². The molecule has 0 atom stereocenters. The van der Waals surface area contributed by atoms with Gasteiger partial charge in [-0.15, -0.1) is 0 Å². The van der Waals surface area contributed by atoms with Crippen LogP contribution in [-0.4, -0.2) is 24.4 Å². The standard InChI is InChI=1S/C20H31N3O2/c1-14(2)22-19(25)17-11-16(8-7-15(17)3)23-18(24)12-20(13-21)9-5-4-6-10-20/h7-8,11,14H,4-6,9-10,12-13,21H2,1-3H3,(H,22,25)(H,23,24). The molecule has 1 fully saturated rings. The van der Waals surface area contributed by atoms with E-state index < -0.39 is 0 Å². The highest BCUT2D eigenvalue weighted by Crippen LogP contribution is 2.38. The van der Waals surface area contributed by atoms with Crippen molar-refractivity contribution in [2.45, 2.75) is 65.3 Å². The third-order valence-corrected chi connectivity index (χ3v) is 5.07. The minimum Gasteiger partial charge on any atom is -0.350 e. The second kappa shape index (κ2) is 8.48. The maximum atomic E-state index is 12.5. The monoisotopic (exact) mass is 345 g/mol. The highest BCUT2D eigenvalue weighted by molar-refractivity contribution is 5.98. The van der Waals surface area contributed by atoms with Gasteiger partial charge in [0.25, 0.3) is 5.91 Å². The highest BCUT2D eigenvalue weighted by atomic mass is 16.2. The van der Waals surface area contributed by atoms with Crippen molar-refractivity contribution in [1.82, 2.24) is 5.32 Å². The van der Waals surface area contributed by atoms with Crippen molar-refractivity contribution in [2.75, 3.05) is 11.9 Å². The summed E-state index contributed by atoms with van der Waals surface area (Å²) in [4.78, 5) is 24.8. The summed E-state index contributed by atoms with van der Waals surface area (Å²) in [6.07, 6.45) is 6.02. The second-order valence-corrected chi connectivity index (χ2v) is 7.65. The Labute approximate surface area is 150 Å². The molecule has 0 radical (unpaired) electrons. The van der Waals surface area contributed by atoms with E-state index in [0.29, 0.717) is 24.2 Å². The number of aryl methyl sites for hydroxylation is 1. The quantitative estimate of drug-likeness (QED) is 0.739. The Morgan fingerprint density at radius 1 is 1.20 bits per heavy atom. The molecule has 1 saturated carbocycles. The first-order valence-corrected chi connectivity index (χ1v) is 9.27. The minimum absolute atomic E-state index is 0.0218. The van der Waals surface area contributed by atoms with Gasteiger partial charge in [-0.25, -0.2) is 0 Å². The largest absolute Gasteiger partial charge is 0.350 e. The molecule has 1 aromatic rings. The van der Waals surface area contributed by atoms with Crippen LogP contribution < -0.4 is 16.4 Å². The number of amides is 2. The maximum Gasteiger partial charge on any atom is 0.251 e. The number of carbonyl (C=O) groups is 2. The van der Waals surface area contributed by atoms with Gasteiger partial charge in [0.1, 0.15) is 0 Å². The Balaban J connectivity index is 2.06. The Morgan fingerprint density at radius 3 is 2.48 bits per heavy atom. The molecule has 0 aromatic heterocycles. The minimum atomic E-state index is -0.116. The van der Waals surface area contributed by atoms with Crippen molar-refractivity contribution in [3.8, 4) is 0 Å². The fourth-order valence-electron chi connectivity index (χ4n) is 3.58. The molecule has 0 spiro atoms. The Kier molecular flexibility index (Phi) is 6.59. The van der Waals surface area contributed by atoms with Crippen LogP contribution in [0.15, 0.2) is 18.2 Å². The number of carbonyl (C=O) groups excluding carboxylic acids is 2. The molecule has 1 aliphatic rings. The molecule has 0 bridgehead atoms. The number of anilines is 1. The van der Waals surface area contributed by atoms with Crippen molar-refractivity contribution in [2.24, 2.45) is 11.1 Å². The second-order valence-electron chi connectivity index (χ2n) is 7.65. The lowest BCUT2D eigenvalue weighted by atomic mass is 9.71. The van der Waals surface area contributed by atoms with Gasteiger partial charge in [0.05, 0.1) is 0 Å². The van der Waals surface area contributed by atoms with Crippen molar-refractivity contribution in [1.29, 1.82) is 0 Å². The molecule has 2 rings (SSSR count). The molecule has 1 aliphatic carbocycles. The number of hydrogen-bond donors (Lipinski definition) is 3. The van der Waals surface area contributed by atoms with Crippen molar-refractivity contribution in [3.63, 3.8) is 0 Å². The van der Waals surface area contributed by atoms with Crippen LogP contribution >= 0.6 is 0 Å². The zero-order valence-corrected chi connectivity index (χ0v) is 15.7. The number of hydrogen-bond acceptors (Lipinski definition) is 3. The first-order chi connectivity index (χ1) is 11.8. The van der Waals surface area contributed by atoms with Crippen LogP contribution in [0.25, 0.3) is 0 Å². The molecule has 5 nitrogen and oxygen atoms in total. The van der Waals surface area contributed by atoms with E-state index in [1.807, 2.05) is 32.9 Å². The van der Waals surface area contributed by atoms with Gasteiger partial charge in [0.2, 0.25) is 5.91 Å². The summed E-state index contributed by atoms with van der Waals surface area (Å²) in [5, 5.41) is 5.84. The van der Waals surface area contributed by atoms with E-state index in [2.05, 4.69) is 10.6 Å². The van der Waals surface area contributed by atoms with Crippen molar-refractivity contribution < 1.29 is 9.59 Å². The number of nitrogens with one attached hydrogen (secondary N) is 2. The predicted octanol–water partition coefficient (Wildman–Crippen LogP) is 3.37. The van der Waals surface area contributed by atoms with E-state index in [9.17, 15) is 9.59 Å². The number of benzene rings is 1. The van der Waals surface area contributed by atoms with Gasteiger partial charge < -0.3 is 16.4 Å². The van der Waals surface area contributed by atoms with E-state index in [4.69, 9.17) is 5.73 Å². The van der Waals surface area contributed by atoms with Gasteiger partial charge in [-0.2, -0.15) is 0 Å². The molecule has 5 heteroatoms. The van der Waals surface area contributed by atoms with E-state index in [1.165, 1.54) is 6.42 Å². The van der Waals surface area contributed by atoms with Gasteiger partial charge >= 0.3 is 0 Å². The smallest absolute Gasteiger partial charge is 0.251 e. The third kappa shape index (κ3) is 5.30. The Morgan fingerprint density at radius 2 is 1.88 bits per heavy atom. The van der Waals surface area contributed by atoms with Crippen LogP contribution in [-0.2, 0) is 4.79 Å². The van der Waals surface area contributed by atoms with Crippen molar-refractivity contribution >= 4 is 17.5 Å². The molecule has 138 valence electrons. The molecule has 0 heterocycles. The van der Waals surface area contributed by atoms with Gasteiger partial charge in [-0.05, 0) is 63.3 Å². The summed E-state index contributed by atoms with van der Waals surface area (Å²) in [6.45, 7) is 6.30. The molecular weight excluding hydrogens is 314 g/mol. The lowest BCUT2D eigenvalue weighted by molar-refractivity contribution is -0.118. The van der Waals surface area contributed by atoms with Crippen LogP contribution in [0.1, 0.15) is 68.3 Å². The summed E-state index contributed by atoms with van der Waals surface area (Å²) in [5.74, 6) is -0.138. The van der Waals surface area contributed by atoms with Crippen LogP contribution in [0.2, 0.25) is 0 Å². The number of rotatable bonds is 6. The molecule has 1 aromatic carbocycles. The Hall–Kier alpha value is -1.88. The van der Waals surface area contributed by atoms with E-state index in [0.717, 1.165) is 31.2 Å². The molecule has 0 aliphatic heterocycles. The highest BCUT2D eigenvalue weighted by Gasteiger charge is 2.33. The van der Waals surface area contributed by atoms with Crippen LogP contribution in [0.3, 0.4) is 0 Å².